The van der Waals surface area contributed by atoms with E-state index < -0.39 is 39.6 Å². The minimum absolute atomic E-state index is 0.145. The molecule has 1 unspecified atom stereocenters. The van der Waals surface area contributed by atoms with Gasteiger partial charge in [0.05, 0.1) is 6.42 Å². The molecule has 3 N–H and O–H groups in total. The highest BCUT2D eigenvalue weighted by Crippen LogP contribution is 2.33. The van der Waals surface area contributed by atoms with Gasteiger partial charge in [0, 0.05) is 0 Å². The van der Waals surface area contributed by atoms with Gasteiger partial charge in [-0.1, -0.05) is 20.8 Å². The molecule has 0 saturated carbocycles. The van der Waals surface area contributed by atoms with E-state index >= 15 is 0 Å². The number of hydrogen-bond acceptors (Lipinski definition) is 4. The van der Waals surface area contributed by atoms with E-state index in [1.54, 1.807) is 20.8 Å². The van der Waals surface area contributed by atoms with E-state index in [2.05, 4.69) is 0 Å². The summed E-state index contributed by atoms with van der Waals surface area (Å²) in [5.41, 5.74) is -0.385. The van der Waals surface area contributed by atoms with Gasteiger partial charge in [0.15, 0.2) is 0 Å². The summed E-state index contributed by atoms with van der Waals surface area (Å²) < 4.78 is 28.9. The van der Waals surface area contributed by atoms with Crippen LogP contribution in [0.1, 0.15) is 40.0 Å². The molecule has 0 bridgehead atoms. The smallest absolute Gasteiger partial charge is 0.328 e. The first-order valence-electron chi connectivity index (χ1n) is 5.24. The zero-order valence-corrected chi connectivity index (χ0v) is 11.3. The summed E-state index contributed by atoms with van der Waals surface area (Å²) in [4.78, 5) is 21.8. The van der Waals surface area contributed by atoms with Crippen LogP contribution in [0.25, 0.3) is 0 Å². The van der Waals surface area contributed by atoms with Crippen LogP contribution in [-0.2, 0) is 19.7 Å². The molecule has 8 heteroatoms. The van der Waals surface area contributed by atoms with Crippen LogP contribution >= 0.6 is 0 Å². The Labute approximate surface area is 106 Å². The highest BCUT2D eigenvalue weighted by atomic mass is 32.2. The Morgan fingerprint density at radius 3 is 1.72 bits per heavy atom. The van der Waals surface area contributed by atoms with E-state index in [4.69, 9.17) is 14.8 Å². The van der Waals surface area contributed by atoms with Crippen molar-refractivity contribution in [3.8, 4) is 0 Å². The van der Waals surface area contributed by atoms with E-state index in [9.17, 15) is 18.0 Å². The molecular formula is C10H18O7S. The lowest BCUT2D eigenvalue weighted by Crippen LogP contribution is -2.48. The van der Waals surface area contributed by atoms with Gasteiger partial charge in [-0.2, -0.15) is 8.42 Å². The molecule has 0 spiro atoms. The van der Waals surface area contributed by atoms with Crippen molar-refractivity contribution in [1.29, 1.82) is 0 Å². The molecule has 0 heterocycles. The van der Waals surface area contributed by atoms with Gasteiger partial charge in [0.25, 0.3) is 10.1 Å². The van der Waals surface area contributed by atoms with Crippen LogP contribution in [0, 0.1) is 5.41 Å². The molecule has 0 aliphatic rings. The van der Waals surface area contributed by atoms with Crippen LogP contribution in [0.5, 0.6) is 0 Å². The SMILES string of the molecule is CC(C)(C)CCC(CC(=O)O)(C(=O)O)S(=O)(=O)O. The summed E-state index contributed by atoms with van der Waals surface area (Å²) in [6, 6.07) is 0. The third-order valence-corrected chi connectivity index (χ3v) is 4.11. The highest BCUT2D eigenvalue weighted by molar-refractivity contribution is 7.88. The molecule has 0 rings (SSSR count). The molecule has 7 nitrogen and oxygen atoms in total. The Morgan fingerprint density at radius 2 is 1.50 bits per heavy atom. The summed E-state index contributed by atoms with van der Waals surface area (Å²) in [7, 11) is -5.02. The van der Waals surface area contributed by atoms with E-state index in [-0.39, 0.29) is 11.8 Å². The number of aliphatic carboxylic acids is 2. The molecule has 106 valence electrons. The van der Waals surface area contributed by atoms with Gasteiger partial charge in [-0.3, -0.25) is 14.1 Å². The summed E-state index contributed by atoms with van der Waals surface area (Å²) in [6.45, 7) is 5.26. The molecule has 0 aromatic rings. The summed E-state index contributed by atoms with van der Waals surface area (Å²) in [6.07, 6.45) is -1.49. The largest absolute Gasteiger partial charge is 0.481 e. The lowest BCUT2D eigenvalue weighted by Gasteiger charge is -2.28. The summed E-state index contributed by atoms with van der Waals surface area (Å²) >= 11 is 0. The second-order valence-corrected chi connectivity index (χ2v) is 7.14. The maximum Gasteiger partial charge on any atom is 0.328 e. The first-order chi connectivity index (χ1) is 7.82. The van der Waals surface area contributed by atoms with Crippen molar-refractivity contribution < 1.29 is 32.8 Å². The van der Waals surface area contributed by atoms with E-state index in [0.717, 1.165) is 0 Å². The van der Waals surface area contributed by atoms with Crippen LogP contribution in [-0.4, -0.2) is 39.9 Å². The van der Waals surface area contributed by atoms with E-state index in [1.165, 1.54) is 0 Å². The van der Waals surface area contributed by atoms with Crippen LogP contribution < -0.4 is 0 Å². The zero-order chi connectivity index (χ0) is 14.8. The van der Waals surface area contributed by atoms with Crippen molar-refractivity contribution in [1.82, 2.24) is 0 Å². The topological polar surface area (TPSA) is 129 Å². The van der Waals surface area contributed by atoms with Crippen molar-refractivity contribution >= 4 is 22.1 Å². The predicted octanol–water partition coefficient (Wildman–Crippen LogP) is 0.999. The van der Waals surface area contributed by atoms with Gasteiger partial charge < -0.3 is 10.2 Å². The van der Waals surface area contributed by atoms with Crippen LogP contribution in [0.3, 0.4) is 0 Å². The first kappa shape index (κ1) is 16.9. The lowest BCUT2D eigenvalue weighted by atomic mass is 9.85. The number of hydrogen-bond donors (Lipinski definition) is 3. The Hall–Kier alpha value is -1.15. The maximum absolute atomic E-state index is 11.3. The lowest BCUT2D eigenvalue weighted by molar-refractivity contribution is -0.147. The molecule has 0 amide bonds. The monoisotopic (exact) mass is 282 g/mol. The third-order valence-electron chi connectivity index (χ3n) is 2.60. The van der Waals surface area contributed by atoms with Gasteiger partial charge in [0.1, 0.15) is 0 Å². The molecule has 0 radical (unpaired) electrons. The normalized spacial score (nSPS) is 16.0. The number of rotatable bonds is 6. The minimum atomic E-state index is -5.02. The average molecular weight is 282 g/mol. The van der Waals surface area contributed by atoms with Gasteiger partial charge in [-0.25, -0.2) is 0 Å². The summed E-state index contributed by atoms with van der Waals surface area (Å²) in [5.74, 6) is -3.44. The number of carbonyl (C=O) groups is 2. The molecule has 0 fully saturated rings. The van der Waals surface area contributed by atoms with Crippen molar-refractivity contribution in [2.24, 2.45) is 5.41 Å². The quantitative estimate of drug-likeness (QED) is 0.619. The second kappa shape index (κ2) is 5.23. The molecule has 0 aliphatic carbocycles. The molecular weight excluding hydrogens is 264 g/mol. The fourth-order valence-electron chi connectivity index (χ4n) is 1.42. The predicted molar refractivity (Wildman–Crippen MR) is 62.9 cm³/mol. The van der Waals surface area contributed by atoms with Crippen molar-refractivity contribution in [2.75, 3.05) is 0 Å². The van der Waals surface area contributed by atoms with Crippen LogP contribution in [0.4, 0.5) is 0 Å². The Bertz CT molecular complexity index is 432. The molecule has 0 saturated heterocycles. The Morgan fingerprint density at radius 1 is 1.06 bits per heavy atom. The maximum atomic E-state index is 11.3. The standard InChI is InChI=1S/C10H18O7S/c1-9(2,3)4-5-10(8(13)14,6-7(11)12)18(15,16)17/h4-6H2,1-3H3,(H,11,12)(H,13,14)(H,15,16,17). The fourth-order valence-corrected chi connectivity index (χ4v) is 2.31. The highest BCUT2D eigenvalue weighted by Gasteiger charge is 2.52. The Kier molecular flexibility index (Phi) is 4.90. The van der Waals surface area contributed by atoms with Crippen molar-refractivity contribution in [3.05, 3.63) is 0 Å². The molecule has 0 aromatic carbocycles. The van der Waals surface area contributed by atoms with E-state index in [1.807, 2.05) is 0 Å². The van der Waals surface area contributed by atoms with E-state index in [0.29, 0.717) is 0 Å². The van der Waals surface area contributed by atoms with Gasteiger partial charge >= 0.3 is 11.9 Å². The zero-order valence-electron chi connectivity index (χ0n) is 10.5. The number of carboxylic acids is 2. The van der Waals surface area contributed by atoms with Crippen LogP contribution in [0.15, 0.2) is 0 Å². The van der Waals surface area contributed by atoms with Gasteiger partial charge in [0.2, 0.25) is 4.75 Å². The average Bonchev–Trinajstić information content (AvgIpc) is 2.07. The molecule has 0 aliphatic heterocycles. The number of carboxylic acid groups (broad SMARTS) is 2. The molecule has 0 aromatic heterocycles. The molecule has 18 heavy (non-hydrogen) atoms. The second-order valence-electron chi connectivity index (χ2n) is 5.41. The Balaban J connectivity index is 5.51. The van der Waals surface area contributed by atoms with Crippen molar-refractivity contribution in [2.45, 2.75) is 44.8 Å². The molecule has 1 atom stereocenters. The van der Waals surface area contributed by atoms with Crippen molar-refractivity contribution in [3.63, 3.8) is 0 Å². The minimum Gasteiger partial charge on any atom is -0.481 e. The van der Waals surface area contributed by atoms with Crippen LogP contribution in [0.2, 0.25) is 0 Å². The summed E-state index contributed by atoms with van der Waals surface area (Å²) in [5, 5.41) is 17.7. The first-order valence-corrected chi connectivity index (χ1v) is 6.68. The third kappa shape index (κ3) is 4.26. The fraction of sp³-hybridized carbons (Fsp3) is 0.800. The van der Waals surface area contributed by atoms with Gasteiger partial charge in [-0.15, -0.1) is 0 Å². The van der Waals surface area contributed by atoms with Gasteiger partial charge in [-0.05, 0) is 18.3 Å².